The molecule has 3 heteroatoms. The van der Waals surface area contributed by atoms with Gasteiger partial charge in [-0.1, -0.05) is 13.8 Å². The highest BCUT2D eigenvalue weighted by Crippen LogP contribution is 2.23. The molecule has 0 aromatic heterocycles. The molecule has 0 amide bonds. The highest BCUT2D eigenvalue weighted by molar-refractivity contribution is 4.98. The molecular formula is C10H21NO2. The molecule has 78 valence electrons. The van der Waals surface area contributed by atoms with Gasteiger partial charge in [0.2, 0.25) is 0 Å². The molecule has 0 bridgehead atoms. The normalized spacial score (nSPS) is 40.6. The highest BCUT2D eigenvalue weighted by Gasteiger charge is 2.39. The van der Waals surface area contributed by atoms with Crippen LogP contribution >= 0.6 is 0 Å². The van der Waals surface area contributed by atoms with Crippen molar-refractivity contribution in [3.05, 3.63) is 0 Å². The van der Waals surface area contributed by atoms with Gasteiger partial charge in [0.15, 0.2) is 0 Å². The molecule has 1 heterocycles. The molecule has 0 radical (unpaired) electrons. The number of nitrogens with one attached hydrogen (secondary N) is 1. The van der Waals surface area contributed by atoms with Crippen LogP contribution in [0.1, 0.15) is 33.6 Å². The van der Waals surface area contributed by atoms with Gasteiger partial charge in [0, 0.05) is 5.54 Å². The Hall–Kier alpha value is -0.120. The summed E-state index contributed by atoms with van der Waals surface area (Å²) in [5.74, 6) is 0. The Labute approximate surface area is 80.5 Å². The Morgan fingerprint density at radius 2 is 2.00 bits per heavy atom. The van der Waals surface area contributed by atoms with Crippen LogP contribution in [-0.2, 0) is 4.74 Å². The first-order valence-corrected chi connectivity index (χ1v) is 5.08. The molecule has 1 aliphatic rings. The van der Waals surface area contributed by atoms with E-state index in [1.165, 1.54) is 0 Å². The van der Waals surface area contributed by atoms with Crippen molar-refractivity contribution in [1.29, 1.82) is 0 Å². The minimum atomic E-state index is -0.219. The van der Waals surface area contributed by atoms with Gasteiger partial charge in [0.05, 0.1) is 25.4 Å². The fourth-order valence-electron chi connectivity index (χ4n) is 1.76. The van der Waals surface area contributed by atoms with Crippen LogP contribution in [0, 0.1) is 0 Å². The lowest BCUT2D eigenvalue weighted by Crippen LogP contribution is -2.66. The molecule has 2 N–H and O–H groups in total. The summed E-state index contributed by atoms with van der Waals surface area (Å²) in [7, 11) is 0. The lowest BCUT2D eigenvalue weighted by atomic mass is 9.88. The molecule has 13 heavy (non-hydrogen) atoms. The van der Waals surface area contributed by atoms with Crippen LogP contribution in [0.25, 0.3) is 0 Å². The van der Waals surface area contributed by atoms with E-state index in [1.807, 2.05) is 0 Å². The zero-order chi connectivity index (χ0) is 9.95. The molecule has 2 unspecified atom stereocenters. The summed E-state index contributed by atoms with van der Waals surface area (Å²) in [5.41, 5.74) is -0.194. The average Bonchev–Trinajstić information content (AvgIpc) is 2.18. The van der Waals surface area contributed by atoms with Crippen molar-refractivity contribution in [1.82, 2.24) is 5.32 Å². The van der Waals surface area contributed by atoms with Crippen LogP contribution in [0.5, 0.6) is 0 Å². The lowest BCUT2D eigenvalue weighted by molar-refractivity contribution is -0.0594. The Morgan fingerprint density at radius 1 is 1.31 bits per heavy atom. The second-order valence-corrected chi connectivity index (χ2v) is 4.32. The SMILES string of the molecule is CCC1(C)COCC(CC)(CO)N1. The molecule has 2 atom stereocenters. The summed E-state index contributed by atoms with van der Waals surface area (Å²) in [5, 5.41) is 12.8. The van der Waals surface area contributed by atoms with Gasteiger partial charge in [0.25, 0.3) is 0 Å². The van der Waals surface area contributed by atoms with Crippen molar-refractivity contribution >= 4 is 0 Å². The molecule has 0 saturated carbocycles. The van der Waals surface area contributed by atoms with Crippen LogP contribution in [0.2, 0.25) is 0 Å². The van der Waals surface area contributed by atoms with E-state index in [0.717, 1.165) is 19.4 Å². The summed E-state index contributed by atoms with van der Waals surface area (Å²) in [4.78, 5) is 0. The van der Waals surface area contributed by atoms with E-state index in [-0.39, 0.29) is 17.7 Å². The maximum atomic E-state index is 9.33. The fourth-order valence-corrected chi connectivity index (χ4v) is 1.76. The molecule has 0 aromatic rings. The molecule has 0 aromatic carbocycles. The quantitative estimate of drug-likeness (QED) is 0.690. The minimum Gasteiger partial charge on any atom is -0.394 e. The van der Waals surface area contributed by atoms with E-state index in [9.17, 15) is 5.11 Å². The van der Waals surface area contributed by atoms with E-state index in [4.69, 9.17) is 4.74 Å². The van der Waals surface area contributed by atoms with Crippen molar-refractivity contribution in [2.24, 2.45) is 0 Å². The Bertz CT molecular complexity index is 168. The van der Waals surface area contributed by atoms with Crippen LogP contribution in [0.3, 0.4) is 0 Å². The second kappa shape index (κ2) is 3.95. The molecule has 1 rings (SSSR count). The summed E-state index contributed by atoms with van der Waals surface area (Å²) in [6.45, 7) is 7.87. The Kier molecular flexibility index (Phi) is 3.33. The van der Waals surface area contributed by atoms with Crippen molar-refractivity contribution in [2.45, 2.75) is 44.7 Å². The number of aliphatic hydroxyl groups excluding tert-OH is 1. The van der Waals surface area contributed by atoms with Crippen LogP contribution in [-0.4, -0.2) is 36.0 Å². The third-order valence-corrected chi connectivity index (χ3v) is 3.13. The minimum absolute atomic E-state index is 0.0248. The van der Waals surface area contributed by atoms with Gasteiger partial charge < -0.3 is 9.84 Å². The molecule has 0 spiro atoms. The lowest BCUT2D eigenvalue weighted by Gasteiger charge is -2.46. The number of ether oxygens (including phenoxy) is 1. The van der Waals surface area contributed by atoms with E-state index in [0.29, 0.717) is 6.61 Å². The maximum Gasteiger partial charge on any atom is 0.0671 e. The van der Waals surface area contributed by atoms with Gasteiger partial charge in [-0.05, 0) is 19.8 Å². The largest absolute Gasteiger partial charge is 0.394 e. The van der Waals surface area contributed by atoms with Gasteiger partial charge in [-0.25, -0.2) is 0 Å². The summed E-state index contributed by atoms with van der Waals surface area (Å²) in [6, 6.07) is 0. The third-order valence-electron chi connectivity index (χ3n) is 3.13. The third kappa shape index (κ3) is 2.22. The number of hydrogen-bond donors (Lipinski definition) is 2. The van der Waals surface area contributed by atoms with E-state index in [2.05, 4.69) is 26.1 Å². The topological polar surface area (TPSA) is 41.5 Å². The van der Waals surface area contributed by atoms with E-state index >= 15 is 0 Å². The molecule has 1 saturated heterocycles. The van der Waals surface area contributed by atoms with Crippen LogP contribution in [0.15, 0.2) is 0 Å². The van der Waals surface area contributed by atoms with Crippen molar-refractivity contribution in [3.8, 4) is 0 Å². The first-order valence-electron chi connectivity index (χ1n) is 5.08. The zero-order valence-corrected chi connectivity index (χ0v) is 8.89. The summed E-state index contributed by atoms with van der Waals surface area (Å²) < 4.78 is 5.55. The first kappa shape index (κ1) is 11.0. The maximum absolute atomic E-state index is 9.33. The molecule has 3 nitrogen and oxygen atoms in total. The van der Waals surface area contributed by atoms with Gasteiger partial charge >= 0.3 is 0 Å². The van der Waals surface area contributed by atoms with Gasteiger partial charge in [-0.15, -0.1) is 0 Å². The van der Waals surface area contributed by atoms with Gasteiger partial charge in [-0.3, -0.25) is 5.32 Å². The smallest absolute Gasteiger partial charge is 0.0671 e. The average molecular weight is 187 g/mol. The predicted molar refractivity (Wildman–Crippen MR) is 52.8 cm³/mol. The van der Waals surface area contributed by atoms with Gasteiger partial charge in [-0.2, -0.15) is 0 Å². The number of aliphatic hydroxyl groups is 1. The number of morpholine rings is 1. The Balaban J connectivity index is 2.69. The molecular weight excluding hydrogens is 166 g/mol. The van der Waals surface area contributed by atoms with Crippen LogP contribution in [0.4, 0.5) is 0 Å². The molecule has 1 fully saturated rings. The molecule has 0 aliphatic carbocycles. The predicted octanol–water partition coefficient (Wildman–Crippen LogP) is 0.916. The van der Waals surface area contributed by atoms with Crippen molar-refractivity contribution in [3.63, 3.8) is 0 Å². The highest BCUT2D eigenvalue weighted by atomic mass is 16.5. The monoisotopic (exact) mass is 187 g/mol. The fraction of sp³-hybridized carbons (Fsp3) is 1.00. The van der Waals surface area contributed by atoms with Crippen molar-refractivity contribution in [2.75, 3.05) is 19.8 Å². The van der Waals surface area contributed by atoms with E-state index < -0.39 is 0 Å². The molecule has 1 aliphatic heterocycles. The number of hydrogen-bond acceptors (Lipinski definition) is 3. The summed E-state index contributed by atoms with van der Waals surface area (Å²) in [6.07, 6.45) is 1.92. The first-order chi connectivity index (χ1) is 6.10. The number of rotatable bonds is 3. The zero-order valence-electron chi connectivity index (χ0n) is 8.89. The van der Waals surface area contributed by atoms with Crippen molar-refractivity contribution < 1.29 is 9.84 Å². The summed E-state index contributed by atoms with van der Waals surface area (Å²) >= 11 is 0. The standard InChI is InChI=1S/C10H21NO2/c1-4-9(3)7-13-8-10(5-2,6-12)11-9/h11-12H,4-8H2,1-3H3. The van der Waals surface area contributed by atoms with Gasteiger partial charge in [0.1, 0.15) is 0 Å². The second-order valence-electron chi connectivity index (χ2n) is 4.32. The van der Waals surface area contributed by atoms with Crippen LogP contribution < -0.4 is 5.32 Å². The van der Waals surface area contributed by atoms with E-state index in [1.54, 1.807) is 0 Å². The Morgan fingerprint density at radius 3 is 2.46 bits per heavy atom.